The van der Waals surface area contributed by atoms with Crippen LogP contribution in [0.1, 0.15) is 116 Å². The average molecular weight is 1390 g/mol. The number of hydrogen-bond acceptors (Lipinski definition) is 10. The highest BCUT2D eigenvalue weighted by Crippen LogP contribution is 2.62. The Morgan fingerprint density at radius 2 is 0.717 bits per heavy atom. The van der Waals surface area contributed by atoms with Crippen LogP contribution in [0.25, 0.3) is 85.6 Å². The van der Waals surface area contributed by atoms with Crippen molar-refractivity contribution in [3.8, 4) is 76.5 Å². The van der Waals surface area contributed by atoms with Crippen LogP contribution < -0.4 is 18.9 Å². The van der Waals surface area contributed by atoms with Crippen LogP contribution in [-0.4, -0.2) is 58.2 Å². The van der Waals surface area contributed by atoms with E-state index in [0.29, 0.717) is 49.1 Å². The molecule has 0 spiro atoms. The van der Waals surface area contributed by atoms with E-state index in [9.17, 15) is 10.2 Å². The lowest BCUT2D eigenvalue weighted by atomic mass is 9.79. The van der Waals surface area contributed by atoms with Crippen molar-refractivity contribution in [1.82, 2.24) is 9.13 Å². The van der Waals surface area contributed by atoms with Crippen molar-refractivity contribution in [2.75, 3.05) is 26.4 Å². The third kappa shape index (κ3) is 11.1. The van der Waals surface area contributed by atoms with Gasteiger partial charge in [0.15, 0.2) is 23.0 Å². The first kappa shape index (κ1) is 61.4. The Morgan fingerprint density at radius 3 is 1.05 bits per heavy atom. The van der Waals surface area contributed by atoms with E-state index >= 15 is 0 Å². The molecular weight excluding hydrogens is 1310 g/mol. The third-order valence-electron chi connectivity index (χ3n) is 17.5. The fourth-order valence-corrected chi connectivity index (χ4v) is 15.8. The lowest BCUT2D eigenvalue weighted by Gasteiger charge is -2.27. The molecule has 2 N–H and O–H groups in total. The van der Waals surface area contributed by atoms with Crippen molar-refractivity contribution in [3.63, 3.8) is 0 Å². The van der Waals surface area contributed by atoms with Gasteiger partial charge in [-0.25, -0.2) is 0 Å². The monoisotopic (exact) mass is 1380 g/mol. The zero-order chi connectivity index (χ0) is 64.5. The van der Waals surface area contributed by atoms with Crippen LogP contribution in [0, 0.1) is 0 Å². The maximum atomic E-state index is 11.5. The van der Waals surface area contributed by atoms with Gasteiger partial charge in [0.25, 0.3) is 0 Å². The van der Waals surface area contributed by atoms with Crippen LogP contribution in [0.3, 0.4) is 0 Å². The molecule has 0 radical (unpaired) electrons. The summed E-state index contributed by atoms with van der Waals surface area (Å²) in [6, 6.07) is 51.2. The normalized spacial score (nSPS) is 13.9. The Morgan fingerprint density at radius 1 is 0.391 bits per heavy atom. The van der Waals surface area contributed by atoms with Crippen LogP contribution >= 0.6 is 54.5 Å². The van der Waals surface area contributed by atoms with Gasteiger partial charge in [-0.3, -0.25) is 9.98 Å². The van der Waals surface area contributed by atoms with Crippen LogP contribution in [0.2, 0.25) is 0 Å². The van der Waals surface area contributed by atoms with Gasteiger partial charge in [0.1, 0.15) is 37.9 Å². The van der Waals surface area contributed by atoms with Crippen molar-refractivity contribution in [1.29, 1.82) is 0 Å². The topological polar surface area (TPSA) is 112 Å². The number of ether oxygens (including phenoxy) is 4. The van der Waals surface area contributed by atoms with E-state index in [0.717, 1.165) is 140 Å². The summed E-state index contributed by atoms with van der Waals surface area (Å²) in [6.07, 6.45) is 3.57. The van der Waals surface area contributed by atoms with Crippen molar-refractivity contribution >= 4 is 122 Å². The maximum Gasteiger partial charge on any atom is 0.181 e. The molecular formula is C78H72Br2N4O6S2. The lowest BCUT2D eigenvalue weighted by Crippen LogP contribution is -2.17. The predicted molar refractivity (Wildman–Crippen MR) is 390 cm³/mol. The largest absolute Gasteiger partial charge is 0.507 e. The summed E-state index contributed by atoms with van der Waals surface area (Å²) in [5, 5.41) is 27.4. The van der Waals surface area contributed by atoms with Crippen molar-refractivity contribution in [2.24, 2.45) is 9.98 Å². The number of aromatic hydroxyl groups is 2. The highest BCUT2D eigenvalue weighted by atomic mass is 79.9. The van der Waals surface area contributed by atoms with Gasteiger partial charge in [-0.2, -0.15) is 0 Å². The first-order valence-corrected chi connectivity index (χ1v) is 34.4. The van der Waals surface area contributed by atoms with Crippen LogP contribution in [0.15, 0.2) is 165 Å². The summed E-state index contributed by atoms with van der Waals surface area (Å²) < 4.78 is 33.1. The van der Waals surface area contributed by atoms with Crippen LogP contribution in [0.5, 0.6) is 34.5 Å². The summed E-state index contributed by atoms with van der Waals surface area (Å²) in [4.78, 5) is 13.6. The fraction of sp³-hybridized carbons (Fsp3) is 0.256. The molecule has 14 heteroatoms. The molecule has 92 heavy (non-hydrogen) atoms. The molecule has 466 valence electrons. The molecule has 0 fully saturated rings. The van der Waals surface area contributed by atoms with Gasteiger partial charge in [-0.05, 0) is 165 Å². The number of fused-ring (bicyclic) bond motifs is 8. The molecule has 4 aromatic heterocycles. The average Bonchev–Trinajstić information content (AvgIpc) is 1.59. The summed E-state index contributed by atoms with van der Waals surface area (Å²) in [5.41, 5.74) is 14.7. The number of halogens is 2. The zero-order valence-corrected chi connectivity index (χ0v) is 58.5. The predicted octanol–water partition coefficient (Wildman–Crippen LogP) is 22.2. The van der Waals surface area contributed by atoms with E-state index in [2.05, 4.69) is 245 Å². The number of nitrogens with zero attached hydrogens (tertiary/aromatic N) is 4. The van der Waals surface area contributed by atoms with E-state index in [1.165, 1.54) is 0 Å². The van der Waals surface area contributed by atoms with Gasteiger partial charge in [0.2, 0.25) is 0 Å². The van der Waals surface area contributed by atoms with Crippen molar-refractivity contribution in [3.05, 3.63) is 188 Å². The van der Waals surface area contributed by atoms with Gasteiger partial charge in [0, 0.05) is 76.5 Å². The number of phenolic OH excluding ortho intramolecular Hbond substituents is 2. The minimum Gasteiger partial charge on any atom is -0.507 e. The van der Waals surface area contributed by atoms with E-state index in [-0.39, 0.29) is 33.2 Å². The first-order chi connectivity index (χ1) is 43.8. The Labute approximate surface area is 561 Å². The Balaban J connectivity index is 0.804. The maximum absolute atomic E-state index is 11.5. The fourth-order valence-electron chi connectivity index (χ4n) is 12.6. The molecule has 2 aliphatic rings. The van der Waals surface area contributed by atoms with Gasteiger partial charge in [-0.1, -0.05) is 139 Å². The molecule has 2 aliphatic heterocycles. The number of rotatable bonds is 9. The van der Waals surface area contributed by atoms with Crippen LogP contribution in [0.4, 0.5) is 11.4 Å². The van der Waals surface area contributed by atoms with Gasteiger partial charge < -0.3 is 38.3 Å². The number of phenols is 2. The summed E-state index contributed by atoms with van der Waals surface area (Å²) >= 11 is 10.9. The molecule has 0 amide bonds. The zero-order valence-electron chi connectivity index (χ0n) is 53.7. The van der Waals surface area contributed by atoms with Crippen molar-refractivity contribution in [2.45, 2.75) is 105 Å². The molecule has 14 rings (SSSR count). The summed E-state index contributed by atoms with van der Waals surface area (Å²) in [5.74, 6) is 3.41. The van der Waals surface area contributed by atoms with Gasteiger partial charge in [0.05, 0.1) is 53.0 Å². The quantitative estimate of drug-likeness (QED) is 0.139. The molecule has 8 aromatic carbocycles. The molecule has 10 nitrogen and oxygen atoms in total. The van der Waals surface area contributed by atoms with E-state index in [1.54, 1.807) is 35.1 Å². The second kappa shape index (κ2) is 22.9. The van der Waals surface area contributed by atoms with Crippen LogP contribution in [-0.2, 0) is 21.7 Å². The Hall–Kier alpha value is -8.14. The van der Waals surface area contributed by atoms with E-state index < -0.39 is 0 Å². The number of aliphatic imine (C=N–C) groups is 2. The summed E-state index contributed by atoms with van der Waals surface area (Å²) in [7, 11) is 0. The molecule has 0 saturated heterocycles. The minimum absolute atomic E-state index is 0.100. The second-order valence-corrected chi connectivity index (χ2v) is 32.0. The molecule has 0 saturated carbocycles. The molecule has 0 aliphatic carbocycles. The summed E-state index contributed by atoms with van der Waals surface area (Å²) in [6.45, 7) is 27.6. The highest BCUT2D eigenvalue weighted by Gasteiger charge is 2.35. The van der Waals surface area contributed by atoms with E-state index in [4.69, 9.17) is 28.9 Å². The second-order valence-electron chi connectivity index (χ2n) is 28.2. The smallest absolute Gasteiger partial charge is 0.181 e. The highest BCUT2D eigenvalue weighted by molar-refractivity contribution is 9.10. The van der Waals surface area contributed by atoms with Crippen molar-refractivity contribution < 1.29 is 29.2 Å². The number of benzene rings is 8. The molecule has 0 unspecified atom stereocenters. The van der Waals surface area contributed by atoms with Gasteiger partial charge in [-0.15, -0.1) is 22.7 Å². The SMILES string of the molecule is CC(C)(C)c1cc(C=Nc2ccc(-n3c4ccc(Br)cc4c4cc(-c5sc(-c6sc(-c7ccc8c(c7)c7cc(Br)ccc7n8-c7ccc(N=Cc8cc(C(C)(C)C)cc(C(C)(C)C)c8O)cc7)c7c6OCCO7)c6c5OCCO6)ccc43)cc2)c(O)c(C(C)(C)C)c1. The third-order valence-corrected chi connectivity index (χ3v) is 21.1. The Bertz CT molecular complexity index is 4700. The Kier molecular flexibility index (Phi) is 15.2. The number of hydrogen-bond donors (Lipinski definition) is 2. The number of aromatic nitrogens is 2. The molecule has 12 aromatic rings. The molecule has 0 bridgehead atoms. The standard InChI is InChI=1S/C78H72Br2N4O6S2/c1-75(2,3)47-33-45(65(85)59(37-47)77(7,8)9)41-81-51-17-21-53(22-18-51)83-61-25-13-43(35-55(61)57-39-49(79)15-27-63(57)83)71-67-69(89-31-29-87-67)73(91-71)74-70-68(88-30-32-90-70)72(92-74)44-14-26-62-56(36-44)58-40-50(80)16-28-64(58)84(62)54-23-19-52(20-24-54)82-42-46-34-48(76(4,5)6)38-60(66(46)86)78(10,11)12/h13-28,33-42,85-86H,29-32H2,1-12H3. The lowest BCUT2D eigenvalue weighted by molar-refractivity contribution is 0.172. The van der Waals surface area contributed by atoms with E-state index in [1.807, 2.05) is 24.3 Å². The number of thiophene rings is 2. The molecule has 0 atom stereocenters. The molecule has 6 heterocycles. The minimum atomic E-state index is -0.242. The first-order valence-electron chi connectivity index (χ1n) is 31.1. The van der Waals surface area contributed by atoms with Gasteiger partial charge >= 0.3 is 0 Å².